The number of carbonyl (C=O) groups is 2. The summed E-state index contributed by atoms with van der Waals surface area (Å²) in [6.07, 6.45) is 1.86. The Balaban J connectivity index is 1.72. The predicted molar refractivity (Wildman–Crippen MR) is 142 cm³/mol. The summed E-state index contributed by atoms with van der Waals surface area (Å²) in [7, 11) is 0. The average Bonchev–Trinajstić information content (AvgIpc) is 3.14. The van der Waals surface area contributed by atoms with Gasteiger partial charge in [0, 0.05) is 28.6 Å². The number of nitrogens with zero attached hydrogens (tertiary/aromatic N) is 2. The Hall–Kier alpha value is -3.71. The van der Waals surface area contributed by atoms with Gasteiger partial charge < -0.3 is 15.2 Å². The van der Waals surface area contributed by atoms with Crippen LogP contribution in [-0.4, -0.2) is 21.4 Å². The largest absolute Gasteiger partial charge is 0.332 e. The van der Waals surface area contributed by atoms with Crippen LogP contribution in [-0.2, 0) is 11.3 Å². The molecule has 2 aromatic carbocycles. The van der Waals surface area contributed by atoms with Crippen molar-refractivity contribution < 1.29 is 14.0 Å². The van der Waals surface area contributed by atoms with Crippen LogP contribution in [0.4, 0.5) is 15.8 Å². The van der Waals surface area contributed by atoms with Crippen molar-refractivity contribution in [3.8, 4) is 0 Å². The Kier molecular flexibility index (Phi) is 7.13. The minimum atomic E-state index is -0.371. The van der Waals surface area contributed by atoms with Gasteiger partial charge in [0.25, 0.3) is 5.91 Å². The van der Waals surface area contributed by atoms with Crippen LogP contribution < -0.4 is 10.6 Å². The zero-order valence-electron chi connectivity index (χ0n) is 20.7. The third-order valence-corrected chi connectivity index (χ3v) is 6.06. The lowest BCUT2D eigenvalue weighted by Gasteiger charge is -2.17. The molecule has 2 amide bonds. The number of hydrogen-bond donors (Lipinski definition) is 2. The fourth-order valence-corrected chi connectivity index (χ4v) is 4.12. The van der Waals surface area contributed by atoms with Crippen LogP contribution in [0.3, 0.4) is 0 Å². The number of aromatic nitrogens is 2. The molecular weight excluding hydrogens is 479 g/mol. The van der Waals surface area contributed by atoms with Gasteiger partial charge in [0.05, 0.1) is 18.4 Å². The molecule has 0 atom stereocenters. The summed E-state index contributed by atoms with van der Waals surface area (Å²) < 4.78 is 16.3. The second-order valence-electron chi connectivity index (χ2n) is 10.1. The molecule has 0 saturated heterocycles. The Bertz CT molecular complexity index is 1460. The third-order valence-electron chi connectivity index (χ3n) is 5.67. The van der Waals surface area contributed by atoms with Crippen LogP contribution in [0, 0.1) is 18.2 Å². The summed E-state index contributed by atoms with van der Waals surface area (Å²) in [5.41, 5.74) is 3.26. The summed E-state index contributed by atoms with van der Waals surface area (Å²) in [4.78, 5) is 29.9. The molecule has 0 bridgehead atoms. The van der Waals surface area contributed by atoms with Crippen LogP contribution in [0.1, 0.15) is 48.8 Å². The Morgan fingerprint density at radius 2 is 1.78 bits per heavy atom. The van der Waals surface area contributed by atoms with E-state index >= 15 is 0 Å². The van der Waals surface area contributed by atoms with Gasteiger partial charge >= 0.3 is 0 Å². The first kappa shape index (κ1) is 25.4. The van der Waals surface area contributed by atoms with Gasteiger partial charge in [-0.25, -0.2) is 9.37 Å². The molecule has 4 aromatic rings. The first-order valence-electron chi connectivity index (χ1n) is 11.6. The number of anilines is 2. The van der Waals surface area contributed by atoms with Gasteiger partial charge in [0.1, 0.15) is 16.7 Å². The third kappa shape index (κ3) is 5.91. The highest BCUT2D eigenvalue weighted by molar-refractivity contribution is 6.30. The molecule has 2 aromatic heterocycles. The van der Waals surface area contributed by atoms with Crippen LogP contribution in [0.15, 0.2) is 60.8 Å². The number of carbonyl (C=O) groups excluding carboxylic acids is 2. The molecule has 2 N–H and O–H groups in total. The van der Waals surface area contributed by atoms with Crippen molar-refractivity contribution in [3.63, 3.8) is 0 Å². The molecule has 0 aliphatic heterocycles. The summed E-state index contributed by atoms with van der Waals surface area (Å²) in [5.74, 6) is -0.810. The highest BCUT2D eigenvalue weighted by Crippen LogP contribution is 2.27. The van der Waals surface area contributed by atoms with Crippen molar-refractivity contribution in [2.75, 3.05) is 10.6 Å². The van der Waals surface area contributed by atoms with E-state index in [9.17, 15) is 14.0 Å². The Morgan fingerprint density at radius 3 is 2.47 bits per heavy atom. The first-order valence-corrected chi connectivity index (χ1v) is 12.0. The highest BCUT2D eigenvalue weighted by Gasteiger charge is 2.19. The molecule has 186 valence electrons. The van der Waals surface area contributed by atoms with Gasteiger partial charge in [-0.2, -0.15) is 0 Å². The second kappa shape index (κ2) is 10.1. The number of aryl methyl sites for hydroxylation is 1. The van der Waals surface area contributed by atoms with E-state index in [0.717, 1.165) is 16.5 Å². The van der Waals surface area contributed by atoms with E-state index in [0.29, 0.717) is 34.2 Å². The van der Waals surface area contributed by atoms with E-state index in [1.54, 1.807) is 47.9 Å². The van der Waals surface area contributed by atoms with Crippen molar-refractivity contribution in [1.29, 1.82) is 0 Å². The molecule has 0 aliphatic carbocycles. The van der Waals surface area contributed by atoms with Crippen molar-refractivity contribution in [1.82, 2.24) is 9.55 Å². The van der Waals surface area contributed by atoms with Gasteiger partial charge in [0.15, 0.2) is 0 Å². The topological polar surface area (TPSA) is 76.0 Å². The van der Waals surface area contributed by atoms with Crippen molar-refractivity contribution >= 4 is 45.7 Å². The van der Waals surface area contributed by atoms with Crippen molar-refractivity contribution in [2.45, 2.75) is 40.7 Å². The van der Waals surface area contributed by atoms with Gasteiger partial charge in [-0.1, -0.05) is 50.6 Å². The molecule has 2 heterocycles. The number of nitrogens with one attached hydrogen (secondary N) is 2. The zero-order valence-corrected chi connectivity index (χ0v) is 21.4. The molecule has 6 nitrogen and oxygen atoms in total. The summed E-state index contributed by atoms with van der Waals surface area (Å²) in [5, 5.41) is 6.89. The van der Waals surface area contributed by atoms with Gasteiger partial charge in [0.2, 0.25) is 5.91 Å². The highest BCUT2D eigenvalue weighted by atomic mass is 35.5. The molecule has 0 saturated carbocycles. The number of fused-ring (bicyclic) bond motifs is 1. The van der Waals surface area contributed by atoms with E-state index in [1.807, 2.05) is 32.9 Å². The molecule has 0 fully saturated rings. The van der Waals surface area contributed by atoms with E-state index in [4.69, 9.17) is 11.6 Å². The number of rotatable bonds is 6. The van der Waals surface area contributed by atoms with E-state index in [-0.39, 0.29) is 29.6 Å². The standard InChI is InChI=1S/C28H28ClFN4O2/c1-17-11-21(15-31-26(17)29)33-27(36)24-13-19-12-20(32-25(35)14-28(2,3)4)9-10-23(19)34(24)16-18-7-5-6-8-22(18)30/h5-13,15H,14,16H2,1-4H3,(H,32,35)(H,33,36). The van der Waals surface area contributed by atoms with Gasteiger partial charge in [-0.3, -0.25) is 9.59 Å². The normalized spacial score (nSPS) is 11.5. The van der Waals surface area contributed by atoms with E-state index < -0.39 is 0 Å². The van der Waals surface area contributed by atoms with Crippen molar-refractivity contribution in [3.05, 3.63) is 88.6 Å². The smallest absolute Gasteiger partial charge is 0.272 e. The minimum Gasteiger partial charge on any atom is -0.332 e. The molecule has 36 heavy (non-hydrogen) atoms. The first-order chi connectivity index (χ1) is 17.0. The monoisotopic (exact) mass is 506 g/mol. The number of pyridine rings is 1. The Labute approximate surface area is 214 Å². The van der Waals surface area contributed by atoms with Crippen LogP contribution in [0.25, 0.3) is 10.9 Å². The average molecular weight is 507 g/mol. The SMILES string of the molecule is Cc1cc(NC(=O)c2cc3cc(NC(=O)CC(C)(C)C)ccc3n2Cc2ccccc2F)cnc1Cl. The van der Waals surface area contributed by atoms with Gasteiger partial charge in [-0.15, -0.1) is 0 Å². The molecule has 0 spiro atoms. The summed E-state index contributed by atoms with van der Waals surface area (Å²) in [6.45, 7) is 7.96. The zero-order chi connectivity index (χ0) is 26.0. The molecule has 0 unspecified atom stereocenters. The van der Waals surface area contributed by atoms with Crippen LogP contribution in [0.5, 0.6) is 0 Å². The number of benzene rings is 2. The second-order valence-corrected chi connectivity index (χ2v) is 10.4. The maximum Gasteiger partial charge on any atom is 0.272 e. The Morgan fingerprint density at radius 1 is 1.03 bits per heavy atom. The fraction of sp³-hybridized carbons (Fsp3) is 0.250. The predicted octanol–water partition coefficient (Wildman–Crippen LogP) is 6.81. The molecule has 8 heteroatoms. The molecule has 0 aliphatic rings. The molecule has 0 radical (unpaired) electrons. The van der Waals surface area contributed by atoms with Crippen molar-refractivity contribution in [2.24, 2.45) is 5.41 Å². The number of halogens is 2. The maximum absolute atomic E-state index is 14.5. The fourth-order valence-electron chi connectivity index (χ4n) is 4.01. The lowest BCUT2D eigenvalue weighted by molar-refractivity contribution is -0.117. The van der Waals surface area contributed by atoms with E-state index in [1.165, 1.54) is 12.3 Å². The molecular formula is C28H28ClFN4O2. The quantitative estimate of drug-likeness (QED) is 0.282. The lowest BCUT2D eigenvalue weighted by atomic mass is 9.92. The molecule has 4 rings (SSSR count). The number of hydrogen-bond acceptors (Lipinski definition) is 3. The minimum absolute atomic E-state index is 0.0868. The van der Waals surface area contributed by atoms with Crippen LogP contribution in [0.2, 0.25) is 5.15 Å². The maximum atomic E-state index is 14.5. The van der Waals surface area contributed by atoms with Crippen LogP contribution >= 0.6 is 11.6 Å². The summed E-state index contributed by atoms with van der Waals surface area (Å²) >= 11 is 6.01. The lowest BCUT2D eigenvalue weighted by Crippen LogP contribution is -2.19. The van der Waals surface area contributed by atoms with Gasteiger partial charge in [-0.05, 0) is 54.3 Å². The summed E-state index contributed by atoms with van der Waals surface area (Å²) in [6, 6.07) is 15.4. The number of amides is 2. The van der Waals surface area contributed by atoms with E-state index in [2.05, 4.69) is 15.6 Å².